The van der Waals surface area contributed by atoms with E-state index in [1.54, 1.807) is 18.2 Å². The van der Waals surface area contributed by atoms with Crippen LogP contribution < -0.4 is 0 Å². The molecule has 0 bridgehead atoms. The van der Waals surface area contributed by atoms with Gasteiger partial charge < -0.3 is 5.41 Å². The number of rotatable bonds is 6. The molecule has 7 rings (SSSR count). The van der Waals surface area contributed by atoms with Crippen molar-refractivity contribution in [3.05, 3.63) is 169 Å². The molecule has 0 saturated carbocycles. The normalized spacial score (nSPS) is 11.9. The number of allylic oxidation sites excluding steroid dienone is 3. The average Bonchev–Trinajstić information content (AvgIpc) is 3.08. The van der Waals surface area contributed by atoms with Crippen LogP contribution in [0.15, 0.2) is 158 Å². The summed E-state index contributed by atoms with van der Waals surface area (Å²) in [4.78, 5) is 0. The molecule has 1 N–H and O–H groups in total. The molecule has 0 heterocycles. The second-order valence-electron chi connectivity index (χ2n) is 13.0. The summed E-state index contributed by atoms with van der Waals surface area (Å²) >= 11 is 0. The largest absolute Gasteiger partial charge is 0.300 e. The van der Waals surface area contributed by atoms with Gasteiger partial charge in [-0.1, -0.05) is 161 Å². The first-order valence-corrected chi connectivity index (χ1v) is 15.9. The van der Waals surface area contributed by atoms with Gasteiger partial charge in [0.15, 0.2) is 0 Å². The van der Waals surface area contributed by atoms with Gasteiger partial charge in [0.2, 0.25) is 0 Å². The van der Waals surface area contributed by atoms with Crippen molar-refractivity contribution in [3.63, 3.8) is 0 Å². The molecule has 1 heteroatoms. The molecule has 7 aromatic rings. The molecule has 7 aromatic carbocycles. The lowest BCUT2D eigenvalue weighted by Crippen LogP contribution is -2.10. The number of hydrogen-bond donors (Lipinski definition) is 1. The van der Waals surface area contributed by atoms with Gasteiger partial charge in [-0.05, 0) is 100 Å². The predicted molar refractivity (Wildman–Crippen MR) is 200 cm³/mol. The molecule has 46 heavy (non-hydrogen) atoms. The van der Waals surface area contributed by atoms with Crippen molar-refractivity contribution in [1.82, 2.24) is 0 Å². The van der Waals surface area contributed by atoms with Crippen molar-refractivity contribution >= 4 is 38.0 Å². The maximum Gasteiger partial charge on any atom is 0.0612 e. The van der Waals surface area contributed by atoms with E-state index in [1.807, 2.05) is 12.1 Å². The quantitative estimate of drug-likeness (QED) is 0.113. The van der Waals surface area contributed by atoms with Crippen LogP contribution in [0.4, 0.5) is 0 Å². The van der Waals surface area contributed by atoms with E-state index in [-0.39, 0.29) is 5.41 Å². The van der Waals surface area contributed by atoms with Gasteiger partial charge in [-0.25, -0.2) is 0 Å². The SMILES string of the molecule is C=C/C=C\C(=N)c1ccc(-c2ccc3ccc(-c4c5ccccc5c(-c5cccc(C(C)(C)C)c5)c5ccccc45)cc3c2)cc1. The van der Waals surface area contributed by atoms with Crippen molar-refractivity contribution in [2.24, 2.45) is 0 Å². The first kappa shape index (κ1) is 29.2. The predicted octanol–water partition coefficient (Wildman–Crippen LogP) is 12.6. The highest BCUT2D eigenvalue weighted by atomic mass is 14.4. The monoisotopic (exact) mass is 591 g/mol. The summed E-state index contributed by atoms with van der Waals surface area (Å²) in [7, 11) is 0. The lowest BCUT2D eigenvalue weighted by Gasteiger charge is -2.22. The minimum absolute atomic E-state index is 0.0688. The van der Waals surface area contributed by atoms with Crippen LogP contribution >= 0.6 is 0 Å². The topological polar surface area (TPSA) is 23.9 Å². The zero-order valence-electron chi connectivity index (χ0n) is 26.6. The van der Waals surface area contributed by atoms with Gasteiger partial charge in [-0.2, -0.15) is 0 Å². The summed E-state index contributed by atoms with van der Waals surface area (Å²) in [6, 6.07) is 48.6. The molecule has 0 aliphatic heterocycles. The van der Waals surface area contributed by atoms with E-state index in [1.165, 1.54) is 60.1 Å². The Kier molecular flexibility index (Phi) is 7.47. The standard InChI is InChI=1S/C45H37N/c1-5-6-18-42(46)32-23-19-30(20-24-32)33-25-21-31-22-26-35(28-36(31)27-33)44-40-16-9-7-14-38(40)43(39-15-8-10-17-41(39)44)34-12-11-13-37(29-34)45(2,3)4/h5-29,46H,1H2,2-4H3/b18-6-,46-42?. The molecule has 0 spiro atoms. The molecular formula is C45H37N. The van der Waals surface area contributed by atoms with E-state index in [2.05, 4.69) is 149 Å². The first-order chi connectivity index (χ1) is 22.3. The molecule has 0 atom stereocenters. The highest BCUT2D eigenvalue weighted by Gasteiger charge is 2.19. The average molecular weight is 592 g/mol. The summed E-state index contributed by atoms with van der Waals surface area (Å²) in [5, 5.41) is 15.8. The molecule has 0 radical (unpaired) electrons. The number of benzene rings is 7. The third kappa shape index (κ3) is 5.35. The minimum Gasteiger partial charge on any atom is -0.300 e. The van der Waals surface area contributed by atoms with Crippen molar-refractivity contribution in [2.75, 3.05) is 0 Å². The van der Waals surface area contributed by atoms with Crippen molar-refractivity contribution < 1.29 is 0 Å². The van der Waals surface area contributed by atoms with Crippen LogP contribution in [0.2, 0.25) is 0 Å². The Bertz CT molecular complexity index is 2250. The van der Waals surface area contributed by atoms with Gasteiger partial charge in [0, 0.05) is 0 Å². The lowest BCUT2D eigenvalue weighted by molar-refractivity contribution is 0.590. The molecule has 0 amide bonds. The van der Waals surface area contributed by atoms with Crippen LogP contribution in [0.25, 0.3) is 65.7 Å². The Labute approximate surface area is 271 Å². The Morgan fingerprint density at radius 3 is 1.63 bits per heavy atom. The fourth-order valence-corrected chi connectivity index (χ4v) is 6.58. The van der Waals surface area contributed by atoms with Crippen LogP contribution in [0, 0.1) is 5.41 Å². The Hall–Kier alpha value is -5.53. The number of hydrogen-bond acceptors (Lipinski definition) is 1. The Morgan fingerprint density at radius 2 is 1.07 bits per heavy atom. The first-order valence-electron chi connectivity index (χ1n) is 15.9. The molecule has 0 aliphatic rings. The molecular weight excluding hydrogens is 555 g/mol. The van der Waals surface area contributed by atoms with E-state index in [0.717, 1.165) is 16.7 Å². The van der Waals surface area contributed by atoms with Gasteiger partial charge in [0.1, 0.15) is 0 Å². The summed E-state index contributed by atoms with van der Waals surface area (Å²) in [6.07, 6.45) is 5.25. The van der Waals surface area contributed by atoms with E-state index < -0.39 is 0 Å². The van der Waals surface area contributed by atoms with Crippen LogP contribution in [0.1, 0.15) is 31.9 Å². The summed E-state index contributed by atoms with van der Waals surface area (Å²) in [6.45, 7) is 10.5. The minimum atomic E-state index is 0.0688. The van der Waals surface area contributed by atoms with E-state index in [0.29, 0.717) is 5.71 Å². The lowest BCUT2D eigenvalue weighted by atomic mass is 9.82. The van der Waals surface area contributed by atoms with Gasteiger partial charge >= 0.3 is 0 Å². The third-order valence-electron chi connectivity index (χ3n) is 9.01. The van der Waals surface area contributed by atoms with Crippen LogP contribution in [-0.2, 0) is 5.41 Å². The highest BCUT2D eigenvalue weighted by molar-refractivity contribution is 6.21. The fourth-order valence-electron chi connectivity index (χ4n) is 6.58. The fraction of sp³-hybridized carbons (Fsp3) is 0.0889. The second-order valence-corrected chi connectivity index (χ2v) is 13.0. The second kappa shape index (κ2) is 11.8. The van der Waals surface area contributed by atoms with Gasteiger partial charge in [0.25, 0.3) is 0 Å². The van der Waals surface area contributed by atoms with Crippen molar-refractivity contribution in [3.8, 4) is 33.4 Å². The number of fused-ring (bicyclic) bond motifs is 3. The van der Waals surface area contributed by atoms with E-state index in [9.17, 15) is 0 Å². The molecule has 1 nitrogen and oxygen atoms in total. The molecule has 0 aromatic heterocycles. The zero-order chi connectivity index (χ0) is 31.8. The van der Waals surface area contributed by atoms with Crippen LogP contribution in [0.5, 0.6) is 0 Å². The van der Waals surface area contributed by atoms with Crippen LogP contribution in [-0.4, -0.2) is 5.71 Å². The van der Waals surface area contributed by atoms with Crippen molar-refractivity contribution in [1.29, 1.82) is 5.41 Å². The van der Waals surface area contributed by atoms with Crippen LogP contribution in [0.3, 0.4) is 0 Å². The maximum atomic E-state index is 8.30. The molecule has 0 saturated heterocycles. The van der Waals surface area contributed by atoms with E-state index in [4.69, 9.17) is 5.41 Å². The zero-order valence-corrected chi connectivity index (χ0v) is 26.6. The molecule has 222 valence electrons. The smallest absolute Gasteiger partial charge is 0.0612 e. The van der Waals surface area contributed by atoms with Gasteiger partial charge in [-0.3, -0.25) is 0 Å². The summed E-state index contributed by atoms with van der Waals surface area (Å²) < 4.78 is 0. The van der Waals surface area contributed by atoms with E-state index >= 15 is 0 Å². The van der Waals surface area contributed by atoms with Gasteiger partial charge in [0.05, 0.1) is 5.71 Å². The van der Waals surface area contributed by atoms with Gasteiger partial charge in [-0.15, -0.1) is 0 Å². The molecule has 0 fully saturated rings. The Morgan fingerprint density at radius 1 is 0.543 bits per heavy atom. The summed E-state index contributed by atoms with van der Waals surface area (Å²) in [5.74, 6) is 0. The Balaban J connectivity index is 1.39. The van der Waals surface area contributed by atoms with Crippen molar-refractivity contribution in [2.45, 2.75) is 26.2 Å². The molecule has 0 unspecified atom stereocenters. The highest BCUT2D eigenvalue weighted by Crippen LogP contribution is 2.44. The maximum absolute atomic E-state index is 8.30. The number of nitrogens with one attached hydrogen (secondary N) is 1. The third-order valence-corrected chi connectivity index (χ3v) is 9.01. The summed E-state index contributed by atoms with van der Waals surface area (Å²) in [5.41, 5.74) is 10.1. The molecule has 0 aliphatic carbocycles.